The van der Waals surface area contributed by atoms with E-state index in [0.29, 0.717) is 0 Å². The van der Waals surface area contributed by atoms with Crippen LogP contribution in [0, 0.1) is 18.3 Å². The van der Waals surface area contributed by atoms with E-state index >= 15 is 0 Å². The van der Waals surface area contributed by atoms with E-state index in [4.69, 9.17) is 5.26 Å². The first-order chi connectivity index (χ1) is 6.56. The summed E-state index contributed by atoms with van der Waals surface area (Å²) in [5, 5.41) is 8.39. The highest BCUT2D eigenvalue weighted by Gasteiger charge is 2.16. The van der Waals surface area contributed by atoms with E-state index in [2.05, 4.69) is 4.98 Å². The van der Waals surface area contributed by atoms with Gasteiger partial charge in [-0.3, -0.25) is 4.79 Å². The van der Waals surface area contributed by atoms with Crippen molar-refractivity contribution in [2.45, 2.75) is 19.8 Å². The predicted molar refractivity (Wildman–Crippen MR) is 46.1 cm³/mol. The van der Waals surface area contributed by atoms with Crippen molar-refractivity contribution in [2.75, 3.05) is 0 Å². The van der Waals surface area contributed by atoms with Gasteiger partial charge in [0.05, 0.1) is 12.5 Å². The number of aromatic nitrogens is 1. The monoisotopic (exact) mass is 198 g/mol. The third-order valence-electron chi connectivity index (χ3n) is 1.85. The number of nitrogens with zero attached hydrogens (tertiary/aromatic N) is 1. The molecule has 1 N–H and O–H groups in total. The Kier molecular flexibility index (Phi) is 2.97. The number of nitriles is 1. The van der Waals surface area contributed by atoms with Crippen molar-refractivity contribution in [1.29, 1.82) is 5.26 Å². The van der Waals surface area contributed by atoms with Crippen LogP contribution in [0.5, 0.6) is 0 Å². The molecule has 0 unspecified atom stereocenters. The number of aromatic amines is 1. The third-order valence-corrected chi connectivity index (χ3v) is 1.85. The Morgan fingerprint density at radius 1 is 1.64 bits per heavy atom. The minimum absolute atomic E-state index is 0.00694. The topological polar surface area (TPSA) is 56.6 Å². The molecular weight excluding hydrogens is 190 g/mol. The van der Waals surface area contributed by atoms with E-state index in [1.165, 1.54) is 6.92 Å². The number of hydrogen-bond donors (Lipinski definition) is 1. The first-order valence-electron chi connectivity index (χ1n) is 3.94. The Labute approximate surface area is 79.0 Å². The molecule has 0 aromatic carbocycles. The van der Waals surface area contributed by atoms with Crippen LogP contribution in [-0.4, -0.2) is 4.98 Å². The highest BCUT2D eigenvalue weighted by Crippen LogP contribution is 2.24. The summed E-state index contributed by atoms with van der Waals surface area (Å²) < 4.78 is 25.0. The molecular formula is C9H8F2N2O. The molecule has 0 fully saturated rings. The fraction of sp³-hybridized carbons (Fsp3) is 0.333. The summed E-state index contributed by atoms with van der Waals surface area (Å²) in [4.78, 5) is 13.2. The molecule has 0 saturated carbocycles. The Bertz CT molecular complexity index is 431. The summed E-state index contributed by atoms with van der Waals surface area (Å²) in [7, 11) is 0. The first-order valence-corrected chi connectivity index (χ1v) is 3.94. The van der Waals surface area contributed by atoms with Crippen LogP contribution in [0.2, 0.25) is 0 Å². The molecule has 0 amide bonds. The van der Waals surface area contributed by atoms with Crippen molar-refractivity contribution >= 4 is 0 Å². The van der Waals surface area contributed by atoms with Gasteiger partial charge in [0, 0.05) is 17.3 Å². The van der Waals surface area contributed by atoms with Crippen LogP contribution in [0.1, 0.15) is 23.2 Å². The summed E-state index contributed by atoms with van der Waals surface area (Å²) >= 11 is 0. The van der Waals surface area contributed by atoms with Gasteiger partial charge in [-0.2, -0.15) is 5.26 Å². The second-order valence-corrected chi connectivity index (χ2v) is 2.84. The zero-order valence-corrected chi connectivity index (χ0v) is 7.47. The summed E-state index contributed by atoms with van der Waals surface area (Å²) in [6.07, 6.45) is -2.88. The van der Waals surface area contributed by atoms with Gasteiger partial charge in [-0.05, 0) is 12.5 Å². The number of nitrogens with one attached hydrogen (secondary N) is 1. The smallest absolute Gasteiger partial charge is 0.265 e. The normalized spacial score (nSPS) is 10.2. The van der Waals surface area contributed by atoms with Crippen LogP contribution in [0.25, 0.3) is 0 Å². The van der Waals surface area contributed by atoms with Gasteiger partial charge in [0.15, 0.2) is 0 Å². The molecule has 0 aliphatic carbocycles. The van der Waals surface area contributed by atoms with Crippen molar-refractivity contribution < 1.29 is 8.78 Å². The van der Waals surface area contributed by atoms with Gasteiger partial charge in [-0.15, -0.1) is 0 Å². The summed E-state index contributed by atoms with van der Waals surface area (Å²) in [5.41, 5.74) is -0.482. The summed E-state index contributed by atoms with van der Waals surface area (Å²) in [6, 6.07) is 2.83. The maximum Gasteiger partial charge on any atom is 0.265 e. The fourth-order valence-electron chi connectivity index (χ4n) is 1.29. The molecule has 0 atom stereocenters. The van der Waals surface area contributed by atoms with E-state index in [-0.39, 0.29) is 23.2 Å². The Hall–Kier alpha value is -1.70. The average molecular weight is 198 g/mol. The molecule has 1 aromatic rings. The highest BCUT2D eigenvalue weighted by molar-refractivity contribution is 5.31. The van der Waals surface area contributed by atoms with Crippen LogP contribution in [0.15, 0.2) is 10.9 Å². The lowest BCUT2D eigenvalue weighted by atomic mass is 10.1. The van der Waals surface area contributed by atoms with Gasteiger partial charge in [0.2, 0.25) is 5.56 Å². The lowest BCUT2D eigenvalue weighted by Crippen LogP contribution is -2.12. The summed E-state index contributed by atoms with van der Waals surface area (Å²) in [5.74, 6) is 0. The minimum Gasteiger partial charge on any atom is -0.325 e. The SMILES string of the molecule is Cc1cc(=O)[nH]c(CC#N)c1C(F)F. The zero-order valence-electron chi connectivity index (χ0n) is 7.47. The zero-order chi connectivity index (χ0) is 10.7. The van der Waals surface area contributed by atoms with Gasteiger partial charge >= 0.3 is 0 Å². The van der Waals surface area contributed by atoms with Gasteiger partial charge in [0.25, 0.3) is 6.43 Å². The minimum atomic E-state index is -2.67. The molecule has 3 nitrogen and oxygen atoms in total. The lowest BCUT2D eigenvalue weighted by Gasteiger charge is -2.08. The Morgan fingerprint density at radius 2 is 2.29 bits per heavy atom. The van der Waals surface area contributed by atoms with Crippen molar-refractivity contribution in [1.82, 2.24) is 4.98 Å². The molecule has 0 bridgehead atoms. The standard InChI is InChI=1S/C9H8F2N2O/c1-5-4-7(14)13-6(2-3-12)8(5)9(10)11/h4,9H,2H2,1H3,(H,13,14). The Morgan fingerprint density at radius 3 is 2.79 bits per heavy atom. The van der Waals surface area contributed by atoms with E-state index in [1.807, 2.05) is 0 Å². The molecule has 14 heavy (non-hydrogen) atoms. The number of hydrogen-bond acceptors (Lipinski definition) is 2. The molecule has 0 radical (unpaired) electrons. The number of aryl methyl sites for hydroxylation is 1. The van der Waals surface area contributed by atoms with E-state index in [1.54, 1.807) is 6.07 Å². The third kappa shape index (κ3) is 1.96. The molecule has 0 aliphatic heterocycles. The maximum atomic E-state index is 12.5. The van der Waals surface area contributed by atoms with Gasteiger partial charge in [-0.1, -0.05) is 0 Å². The van der Waals surface area contributed by atoms with Crippen LogP contribution < -0.4 is 5.56 Å². The van der Waals surface area contributed by atoms with Gasteiger partial charge in [0.1, 0.15) is 0 Å². The maximum absolute atomic E-state index is 12.5. The van der Waals surface area contributed by atoms with Crippen molar-refractivity contribution in [3.63, 3.8) is 0 Å². The first kappa shape index (κ1) is 10.4. The molecule has 0 spiro atoms. The van der Waals surface area contributed by atoms with Crippen LogP contribution in [-0.2, 0) is 6.42 Å². The molecule has 1 rings (SSSR count). The van der Waals surface area contributed by atoms with Crippen LogP contribution >= 0.6 is 0 Å². The van der Waals surface area contributed by atoms with Crippen molar-refractivity contribution in [3.8, 4) is 6.07 Å². The van der Waals surface area contributed by atoms with E-state index in [9.17, 15) is 13.6 Å². The Balaban J connectivity index is 3.38. The molecule has 1 aromatic heterocycles. The van der Waals surface area contributed by atoms with E-state index in [0.717, 1.165) is 6.07 Å². The van der Waals surface area contributed by atoms with Gasteiger partial charge < -0.3 is 4.98 Å². The highest BCUT2D eigenvalue weighted by atomic mass is 19.3. The number of rotatable bonds is 2. The number of halogens is 2. The molecule has 74 valence electrons. The van der Waals surface area contributed by atoms with Gasteiger partial charge in [-0.25, -0.2) is 8.78 Å². The number of pyridine rings is 1. The number of alkyl halides is 2. The predicted octanol–water partition coefficient (Wildman–Crippen LogP) is 1.69. The largest absolute Gasteiger partial charge is 0.325 e. The van der Waals surface area contributed by atoms with Crippen molar-refractivity contribution in [3.05, 3.63) is 33.2 Å². The second kappa shape index (κ2) is 4.01. The molecule has 0 aliphatic rings. The van der Waals surface area contributed by atoms with Crippen LogP contribution in [0.3, 0.4) is 0 Å². The summed E-state index contributed by atoms with van der Waals surface area (Å²) in [6.45, 7) is 1.43. The van der Waals surface area contributed by atoms with E-state index < -0.39 is 12.0 Å². The second-order valence-electron chi connectivity index (χ2n) is 2.84. The fourth-order valence-corrected chi connectivity index (χ4v) is 1.29. The molecule has 0 saturated heterocycles. The molecule has 5 heteroatoms. The van der Waals surface area contributed by atoms with Crippen LogP contribution in [0.4, 0.5) is 8.78 Å². The number of H-pyrrole nitrogens is 1. The van der Waals surface area contributed by atoms with Crippen molar-refractivity contribution in [2.24, 2.45) is 0 Å². The average Bonchev–Trinajstić information content (AvgIpc) is 2.01. The molecule has 1 heterocycles. The quantitative estimate of drug-likeness (QED) is 0.786. The lowest BCUT2D eigenvalue weighted by molar-refractivity contribution is 0.149.